The van der Waals surface area contributed by atoms with Gasteiger partial charge in [0.2, 0.25) is 11.8 Å². The molecule has 0 bridgehead atoms. The van der Waals surface area contributed by atoms with Crippen molar-refractivity contribution >= 4 is 38.5 Å². The van der Waals surface area contributed by atoms with Crippen molar-refractivity contribution < 1.29 is 14.0 Å². The third kappa shape index (κ3) is 3.21. The molecule has 150 valence electrons. The number of thiazole rings is 1. The Kier molecular flexibility index (Phi) is 4.38. The van der Waals surface area contributed by atoms with E-state index in [2.05, 4.69) is 9.97 Å². The molecule has 29 heavy (non-hydrogen) atoms. The second-order valence-corrected chi connectivity index (χ2v) is 8.97. The number of benzene rings is 1. The predicted octanol–water partition coefficient (Wildman–Crippen LogP) is 3.35. The minimum Gasteiger partial charge on any atom is -0.445 e. The van der Waals surface area contributed by atoms with Crippen LogP contribution in [0.2, 0.25) is 0 Å². The van der Waals surface area contributed by atoms with E-state index in [1.165, 1.54) is 11.3 Å². The molecule has 0 radical (unpaired) electrons. The Morgan fingerprint density at radius 3 is 2.90 bits per heavy atom. The number of para-hydroxylation sites is 1. The summed E-state index contributed by atoms with van der Waals surface area (Å²) in [4.78, 5) is 38.4. The number of anilines is 1. The van der Waals surface area contributed by atoms with Crippen LogP contribution in [-0.2, 0) is 22.6 Å². The highest BCUT2D eigenvalue weighted by Gasteiger charge is 2.39. The molecule has 1 unspecified atom stereocenters. The lowest BCUT2D eigenvalue weighted by Crippen LogP contribution is -2.40. The quantitative estimate of drug-likeness (QED) is 0.662. The summed E-state index contributed by atoms with van der Waals surface area (Å²) in [6, 6.07) is 7.83. The van der Waals surface area contributed by atoms with Gasteiger partial charge in [-0.2, -0.15) is 0 Å². The first-order valence-electron chi connectivity index (χ1n) is 9.93. The first kappa shape index (κ1) is 18.3. The Bertz CT molecular complexity index is 1070. The molecular formula is C21H22N4O3S. The molecule has 2 aromatic heterocycles. The van der Waals surface area contributed by atoms with Crippen molar-refractivity contribution in [1.29, 1.82) is 0 Å². The van der Waals surface area contributed by atoms with Gasteiger partial charge in [-0.3, -0.25) is 14.5 Å². The van der Waals surface area contributed by atoms with Crippen LogP contribution in [0, 0.1) is 5.92 Å². The fraction of sp³-hybridized carbons (Fsp3) is 0.429. The van der Waals surface area contributed by atoms with E-state index in [0.717, 1.165) is 27.6 Å². The lowest BCUT2D eigenvalue weighted by atomic mass is 10.0. The van der Waals surface area contributed by atoms with E-state index < -0.39 is 0 Å². The lowest BCUT2D eigenvalue weighted by molar-refractivity contribution is -0.136. The highest BCUT2D eigenvalue weighted by Crippen LogP contribution is 2.34. The number of carbonyl (C=O) groups is 2. The second kappa shape index (κ2) is 6.95. The van der Waals surface area contributed by atoms with Gasteiger partial charge in [0.15, 0.2) is 11.0 Å². The summed E-state index contributed by atoms with van der Waals surface area (Å²) in [6.07, 6.45) is 0.900. The maximum absolute atomic E-state index is 13.1. The number of amides is 2. The van der Waals surface area contributed by atoms with Crippen molar-refractivity contribution in [2.75, 3.05) is 18.0 Å². The fourth-order valence-corrected chi connectivity index (χ4v) is 4.94. The molecule has 3 aromatic rings. The van der Waals surface area contributed by atoms with E-state index in [-0.39, 0.29) is 30.1 Å². The summed E-state index contributed by atoms with van der Waals surface area (Å²) in [6.45, 7) is 5.53. The molecule has 1 saturated heterocycles. The highest BCUT2D eigenvalue weighted by molar-refractivity contribution is 7.22. The maximum atomic E-state index is 13.1. The van der Waals surface area contributed by atoms with Crippen molar-refractivity contribution in [3.63, 3.8) is 0 Å². The minimum absolute atomic E-state index is 0.0155. The summed E-state index contributed by atoms with van der Waals surface area (Å²) < 4.78 is 6.87. The van der Waals surface area contributed by atoms with Crippen LogP contribution >= 0.6 is 11.3 Å². The number of fused-ring (bicyclic) bond motifs is 2. The van der Waals surface area contributed by atoms with Crippen LogP contribution in [0.15, 0.2) is 28.7 Å². The van der Waals surface area contributed by atoms with Crippen molar-refractivity contribution in [1.82, 2.24) is 14.9 Å². The van der Waals surface area contributed by atoms with Gasteiger partial charge in [0.05, 0.1) is 22.7 Å². The van der Waals surface area contributed by atoms with Gasteiger partial charge in [0.1, 0.15) is 11.5 Å². The number of oxazole rings is 1. The van der Waals surface area contributed by atoms with Crippen LogP contribution in [0.3, 0.4) is 0 Å². The Hall–Kier alpha value is -2.74. The van der Waals surface area contributed by atoms with Gasteiger partial charge in [0.25, 0.3) is 0 Å². The first-order valence-corrected chi connectivity index (χ1v) is 10.7. The zero-order valence-electron chi connectivity index (χ0n) is 16.4. The summed E-state index contributed by atoms with van der Waals surface area (Å²) in [5.74, 6) is 1.47. The van der Waals surface area contributed by atoms with Gasteiger partial charge < -0.3 is 9.32 Å². The number of hydrogen-bond acceptors (Lipinski definition) is 6. The predicted molar refractivity (Wildman–Crippen MR) is 110 cm³/mol. The van der Waals surface area contributed by atoms with E-state index in [4.69, 9.17) is 4.42 Å². The van der Waals surface area contributed by atoms with E-state index >= 15 is 0 Å². The van der Waals surface area contributed by atoms with Crippen molar-refractivity contribution in [2.45, 2.75) is 39.2 Å². The SMILES string of the molecule is CC(C)c1nc2c(o1)CCN(C(=O)C1CC(=O)N(c3nc4ccccc4s3)C1)C2. The Morgan fingerprint density at radius 2 is 2.10 bits per heavy atom. The van der Waals surface area contributed by atoms with Crippen molar-refractivity contribution in [3.8, 4) is 0 Å². The summed E-state index contributed by atoms with van der Waals surface area (Å²) >= 11 is 1.49. The molecule has 0 N–H and O–H groups in total. The molecule has 5 rings (SSSR count). The van der Waals surface area contributed by atoms with Crippen molar-refractivity contribution in [3.05, 3.63) is 41.6 Å². The molecule has 2 amide bonds. The molecule has 2 aliphatic heterocycles. The molecule has 0 spiro atoms. The average Bonchev–Trinajstić information content (AvgIpc) is 3.42. The molecule has 4 heterocycles. The van der Waals surface area contributed by atoms with Gasteiger partial charge in [-0.05, 0) is 12.1 Å². The zero-order valence-corrected chi connectivity index (χ0v) is 17.2. The number of hydrogen-bond donors (Lipinski definition) is 0. The molecule has 1 atom stereocenters. The number of aromatic nitrogens is 2. The summed E-state index contributed by atoms with van der Waals surface area (Å²) in [7, 11) is 0. The van der Waals surface area contributed by atoms with E-state index in [1.807, 2.05) is 43.0 Å². The lowest BCUT2D eigenvalue weighted by Gasteiger charge is -2.27. The Labute approximate surface area is 172 Å². The average molecular weight is 410 g/mol. The molecule has 0 saturated carbocycles. The minimum atomic E-state index is -0.340. The fourth-order valence-electron chi connectivity index (χ4n) is 3.95. The summed E-state index contributed by atoms with van der Waals surface area (Å²) in [5, 5.41) is 0.672. The summed E-state index contributed by atoms with van der Waals surface area (Å²) in [5.41, 5.74) is 1.73. The van der Waals surface area contributed by atoms with Crippen LogP contribution in [0.4, 0.5) is 5.13 Å². The molecule has 7 nitrogen and oxygen atoms in total. The van der Waals surface area contributed by atoms with E-state index in [9.17, 15) is 9.59 Å². The van der Waals surface area contributed by atoms with Crippen LogP contribution in [0.25, 0.3) is 10.2 Å². The normalized spacial score (nSPS) is 19.4. The number of nitrogens with zero attached hydrogens (tertiary/aromatic N) is 4. The first-order chi connectivity index (χ1) is 14.0. The molecule has 8 heteroatoms. The number of carbonyl (C=O) groups excluding carboxylic acids is 2. The second-order valence-electron chi connectivity index (χ2n) is 7.96. The van der Waals surface area contributed by atoms with Crippen molar-refractivity contribution in [2.24, 2.45) is 5.92 Å². The highest BCUT2D eigenvalue weighted by atomic mass is 32.1. The Balaban J connectivity index is 1.31. The maximum Gasteiger partial charge on any atom is 0.229 e. The smallest absolute Gasteiger partial charge is 0.229 e. The molecular weight excluding hydrogens is 388 g/mol. The van der Waals surface area contributed by atoms with Crippen LogP contribution < -0.4 is 4.90 Å². The standard InChI is InChI=1S/C21H22N4O3S/c1-12(2)19-22-15-11-24(8-7-16(15)28-19)20(27)13-9-18(26)25(10-13)21-23-14-5-3-4-6-17(14)29-21/h3-6,12-13H,7-11H2,1-2H3. The monoisotopic (exact) mass is 410 g/mol. The molecule has 1 fully saturated rings. The Morgan fingerprint density at radius 1 is 1.28 bits per heavy atom. The van der Waals surface area contributed by atoms with Gasteiger partial charge in [-0.1, -0.05) is 37.3 Å². The molecule has 2 aliphatic rings. The largest absolute Gasteiger partial charge is 0.445 e. The molecule has 1 aromatic carbocycles. The van der Waals surface area contributed by atoms with Crippen LogP contribution in [-0.4, -0.2) is 39.8 Å². The van der Waals surface area contributed by atoms with Gasteiger partial charge >= 0.3 is 0 Å². The third-order valence-corrected chi connectivity index (χ3v) is 6.60. The topological polar surface area (TPSA) is 79.5 Å². The van der Waals surface area contributed by atoms with Crippen LogP contribution in [0.5, 0.6) is 0 Å². The van der Waals surface area contributed by atoms with Crippen LogP contribution in [0.1, 0.15) is 43.5 Å². The van der Waals surface area contributed by atoms with Gasteiger partial charge in [-0.15, -0.1) is 0 Å². The van der Waals surface area contributed by atoms with E-state index in [0.29, 0.717) is 31.2 Å². The molecule has 0 aliphatic carbocycles. The van der Waals surface area contributed by atoms with Gasteiger partial charge in [0, 0.05) is 31.8 Å². The van der Waals surface area contributed by atoms with E-state index in [1.54, 1.807) is 4.90 Å². The van der Waals surface area contributed by atoms with Gasteiger partial charge in [-0.25, -0.2) is 9.97 Å². The third-order valence-electron chi connectivity index (χ3n) is 5.54. The number of rotatable bonds is 3. The zero-order chi connectivity index (χ0) is 20.1.